The van der Waals surface area contributed by atoms with E-state index >= 15 is 0 Å². The Morgan fingerprint density at radius 3 is 2.62 bits per heavy atom. The molecule has 130 valence electrons. The van der Waals surface area contributed by atoms with Crippen molar-refractivity contribution < 1.29 is 14.3 Å². The molecule has 0 bridgehead atoms. The van der Waals surface area contributed by atoms with E-state index in [4.69, 9.17) is 4.98 Å². The molecule has 4 rings (SSSR count). The normalized spacial score (nSPS) is 16.0. The Morgan fingerprint density at radius 1 is 1.15 bits per heavy atom. The summed E-state index contributed by atoms with van der Waals surface area (Å²) in [5.74, 6) is -1.23. The topological polar surface area (TPSA) is 53.4 Å². The molecule has 0 saturated carbocycles. The van der Waals surface area contributed by atoms with Gasteiger partial charge in [-0.25, -0.2) is 14.2 Å². The number of likely N-dealkylation sites (N-methyl/N-ethyl adjacent to an activating group) is 1. The molecule has 0 fully saturated rings. The minimum Gasteiger partial charge on any atom is -0.478 e. The summed E-state index contributed by atoms with van der Waals surface area (Å²) in [6.07, 6.45) is 1.95. The average Bonchev–Trinajstić information content (AvgIpc) is 2.61. The molecular formula is C21H17FN2O2. The number of halogens is 1. The summed E-state index contributed by atoms with van der Waals surface area (Å²) < 4.78 is 13.2. The summed E-state index contributed by atoms with van der Waals surface area (Å²) in [5, 5.41) is 10.5. The third kappa shape index (κ3) is 2.86. The van der Waals surface area contributed by atoms with Gasteiger partial charge in [0.2, 0.25) is 0 Å². The molecular weight excluding hydrogens is 331 g/mol. The summed E-state index contributed by atoms with van der Waals surface area (Å²) >= 11 is 0. The number of pyridine rings is 1. The van der Waals surface area contributed by atoms with Crippen LogP contribution in [0.3, 0.4) is 0 Å². The summed E-state index contributed by atoms with van der Waals surface area (Å²) in [5.41, 5.74) is 4.19. The molecule has 0 radical (unpaired) electrons. The van der Waals surface area contributed by atoms with Crippen molar-refractivity contribution >= 4 is 28.5 Å². The van der Waals surface area contributed by atoms with Gasteiger partial charge in [0.15, 0.2) is 0 Å². The summed E-state index contributed by atoms with van der Waals surface area (Å²) in [6, 6.07) is 13.5. The first-order valence-corrected chi connectivity index (χ1v) is 8.33. The van der Waals surface area contributed by atoms with Crippen LogP contribution in [0.1, 0.15) is 27.2 Å². The van der Waals surface area contributed by atoms with Gasteiger partial charge in [-0.15, -0.1) is 0 Å². The highest BCUT2D eigenvalue weighted by molar-refractivity contribution is 6.05. The van der Waals surface area contributed by atoms with Gasteiger partial charge in [0.1, 0.15) is 5.82 Å². The number of aromatic carboxylic acids is 1. The molecule has 3 aromatic rings. The Kier molecular flexibility index (Phi) is 4.01. The summed E-state index contributed by atoms with van der Waals surface area (Å²) in [7, 11) is 1.95. The van der Waals surface area contributed by atoms with Crippen LogP contribution in [0, 0.1) is 5.82 Å². The van der Waals surface area contributed by atoms with Crippen molar-refractivity contribution in [2.45, 2.75) is 6.54 Å². The minimum absolute atomic E-state index is 0.286. The fourth-order valence-corrected chi connectivity index (χ4v) is 3.48. The van der Waals surface area contributed by atoms with E-state index in [-0.39, 0.29) is 5.82 Å². The molecule has 1 N–H and O–H groups in total. The van der Waals surface area contributed by atoms with Gasteiger partial charge in [0, 0.05) is 24.0 Å². The van der Waals surface area contributed by atoms with Crippen molar-refractivity contribution in [1.82, 2.24) is 9.88 Å². The first kappa shape index (κ1) is 16.4. The number of nitrogens with zero attached hydrogens (tertiary/aromatic N) is 2. The molecule has 1 aliphatic rings. The van der Waals surface area contributed by atoms with Crippen molar-refractivity contribution in [2.24, 2.45) is 0 Å². The van der Waals surface area contributed by atoms with E-state index in [2.05, 4.69) is 4.90 Å². The maximum Gasteiger partial charge on any atom is 0.336 e. The molecule has 4 nitrogen and oxygen atoms in total. The first-order valence-electron chi connectivity index (χ1n) is 8.33. The Balaban J connectivity index is 1.97. The van der Waals surface area contributed by atoms with E-state index in [1.54, 1.807) is 18.2 Å². The second-order valence-electron chi connectivity index (χ2n) is 6.53. The fourth-order valence-electron chi connectivity index (χ4n) is 3.48. The highest BCUT2D eigenvalue weighted by atomic mass is 19.1. The van der Waals surface area contributed by atoms with Crippen molar-refractivity contribution in [3.8, 4) is 0 Å². The van der Waals surface area contributed by atoms with E-state index in [1.807, 2.05) is 31.3 Å². The number of carboxylic acids is 1. The van der Waals surface area contributed by atoms with Crippen LogP contribution in [-0.4, -0.2) is 34.6 Å². The van der Waals surface area contributed by atoms with E-state index in [1.165, 1.54) is 12.1 Å². The highest BCUT2D eigenvalue weighted by Crippen LogP contribution is 2.33. The smallest absolute Gasteiger partial charge is 0.336 e. The van der Waals surface area contributed by atoms with Crippen LogP contribution in [0.25, 0.3) is 22.6 Å². The van der Waals surface area contributed by atoms with Crippen LogP contribution in [0.2, 0.25) is 0 Å². The standard InChI is InChI=1S/C21H17FN2O2/c1-24-11-14(10-13-6-8-15(22)9-7-13)20-17(12-24)19(21(25)26)16-4-2-3-5-18(16)23-20/h2-10H,11-12H2,1H3,(H,25,26)/b14-10-. The predicted octanol–water partition coefficient (Wildman–Crippen LogP) is 4.06. The Hall–Kier alpha value is -3.05. The number of benzene rings is 2. The molecule has 0 atom stereocenters. The van der Waals surface area contributed by atoms with Crippen LogP contribution in [0.5, 0.6) is 0 Å². The molecule has 2 aromatic carbocycles. The lowest BCUT2D eigenvalue weighted by atomic mass is 9.92. The lowest BCUT2D eigenvalue weighted by Crippen LogP contribution is -2.28. The molecule has 1 aromatic heterocycles. The Morgan fingerprint density at radius 2 is 1.88 bits per heavy atom. The van der Waals surface area contributed by atoms with Gasteiger partial charge >= 0.3 is 5.97 Å². The van der Waals surface area contributed by atoms with Gasteiger partial charge < -0.3 is 5.11 Å². The van der Waals surface area contributed by atoms with Crippen molar-refractivity contribution in [1.29, 1.82) is 0 Å². The van der Waals surface area contributed by atoms with E-state index in [9.17, 15) is 14.3 Å². The fraction of sp³-hybridized carbons (Fsp3) is 0.143. The van der Waals surface area contributed by atoms with Crippen molar-refractivity contribution in [2.75, 3.05) is 13.6 Å². The molecule has 0 saturated heterocycles. The number of fused-ring (bicyclic) bond motifs is 2. The molecule has 0 unspecified atom stereocenters. The van der Waals surface area contributed by atoms with E-state index in [0.717, 1.165) is 16.7 Å². The third-order valence-corrected chi connectivity index (χ3v) is 4.59. The SMILES string of the molecule is CN1C/C(=C/c2ccc(F)cc2)c2nc3ccccc3c(C(=O)O)c2C1. The zero-order valence-corrected chi connectivity index (χ0v) is 14.2. The van der Waals surface area contributed by atoms with Gasteiger partial charge in [0.25, 0.3) is 0 Å². The summed E-state index contributed by atoms with van der Waals surface area (Å²) in [4.78, 5) is 18.8. The number of hydrogen-bond acceptors (Lipinski definition) is 3. The third-order valence-electron chi connectivity index (χ3n) is 4.59. The number of rotatable bonds is 2. The maximum atomic E-state index is 13.2. The second-order valence-corrected chi connectivity index (χ2v) is 6.53. The number of para-hydroxylation sites is 1. The molecule has 2 heterocycles. The Labute approximate surface area is 150 Å². The zero-order valence-electron chi connectivity index (χ0n) is 14.2. The zero-order chi connectivity index (χ0) is 18.3. The van der Waals surface area contributed by atoms with Crippen LogP contribution in [-0.2, 0) is 6.54 Å². The van der Waals surface area contributed by atoms with E-state index in [0.29, 0.717) is 35.2 Å². The van der Waals surface area contributed by atoms with E-state index < -0.39 is 5.97 Å². The first-order chi connectivity index (χ1) is 12.5. The van der Waals surface area contributed by atoms with Gasteiger partial charge in [0.05, 0.1) is 16.8 Å². The van der Waals surface area contributed by atoms with Gasteiger partial charge in [-0.3, -0.25) is 4.90 Å². The lowest BCUT2D eigenvalue weighted by molar-refractivity contribution is 0.0696. The molecule has 0 aliphatic carbocycles. The molecule has 5 heteroatoms. The average molecular weight is 348 g/mol. The van der Waals surface area contributed by atoms with Crippen LogP contribution in [0.4, 0.5) is 4.39 Å². The summed E-state index contributed by atoms with van der Waals surface area (Å²) in [6.45, 7) is 1.17. The van der Waals surface area contributed by atoms with Gasteiger partial charge in [-0.05, 0) is 42.5 Å². The van der Waals surface area contributed by atoms with Crippen LogP contribution >= 0.6 is 0 Å². The van der Waals surface area contributed by atoms with Crippen LogP contribution in [0.15, 0.2) is 48.5 Å². The largest absolute Gasteiger partial charge is 0.478 e. The molecule has 26 heavy (non-hydrogen) atoms. The maximum absolute atomic E-state index is 13.2. The molecule has 1 aliphatic heterocycles. The quantitative estimate of drug-likeness (QED) is 0.759. The second kappa shape index (κ2) is 6.35. The Bertz CT molecular complexity index is 1040. The van der Waals surface area contributed by atoms with Crippen molar-refractivity contribution in [3.05, 3.63) is 76.7 Å². The lowest BCUT2D eigenvalue weighted by Gasteiger charge is -2.28. The number of carbonyl (C=O) groups is 1. The number of carboxylic acid groups (broad SMARTS) is 1. The molecule has 0 amide bonds. The minimum atomic E-state index is -0.948. The van der Waals surface area contributed by atoms with Crippen LogP contribution < -0.4 is 0 Å². The monoisotopic (exact) mass is 348 g/mol. The van der Waals surface area contributed by atoms with Crippen molar-refractivity contribution in [3.63, 3.8) is 0 Å². The number of aromatic nitrogens is 1. The predicted molar refractivity (Wildman–Crippen MR) is 99.3 cm³/mol. The number of hydrogen-bond donors (Lipinski definition) is 1. The highest BCUT2D eigenvalue weighted by Gasteiger charge is 2.26. The van der Waals surface area contributed by atoms with Gasteiger partial charge in [-0.2, -0.15) is 0 Å². The molecule has 0 spiro atoms. The van der Waals surface area contributed by atoms with Gasteiger partial charge in [-0.1, -0.05) is 30.3 Å².